The van der Waals surface area contributed by atoms with Crippen LogP contribution in [0.3, 0.4) is 0 Å². The van der Waals surface area contributed by atoms with Gasteiger partial charge in [-0.1, -0.05) is 0 Å². The number of amides is 1. The molecule has 1 saturated heterocycles. The summed E-state index contributed by atoms with van der Waals surface area (Å²) in [5.41, 5.74) is 1.11. The molecule has 0 bridgehead atoms. The molecule has 1 aliphatic rings. The number of piperidine rings is 1. The Labute approximate surface area is 143 Å². The Balaban J connectivity index is 2.14. The highest BCUT2D eigenvalue weighted by molar-refractivity contribution is 7.86. The molecule has 0 spiro atoms. The predicted octanol–water partition coefficient (Wildman–Crippen LogP) is 0.206. The lowest BCUT2D eigenvalue weighted by atomic mass is 9.94. The van der Waals surface area contributed by atoms with Crippen LogP contribution in [0.15, 0.2) is 6.07 Å². The van der Waals surface area contributed by atoms with Gasteiger partial charge in [-0.05, 0) is 38.2 Å². The molecule has 0 saturated carbocycles. The summed E-state index contributed by atoms with van der Waals surface area (Å²) >= 11 is 0. The van der Waals surface area contributed by atoms with E-state index < -0.39 is 10.2 Å². The fourth-order valence-electron chi connectivity index (χ4n) is 2.91. The van der Waals surface area contributed by atoms with Crippen LogP contribution >= 0.6 is 0 Å². The highest BCUT2D eigenvalue weighted by Crippen LogP contribution is 2.23. The van der Waals surface area contributed by atoms with Gasteiger partial charge in [0, 0.05) is 39.9 Å². The van der Waals surface area contributed by atoms with Crippen molar-refractivity contribution in [1.82, 2.24) is 23.9 Å². The number of aryl methyl sites for hydroxylation is 1. The van der Waals surface area contributed by atoms with Gasteiger partial charge in [0.15, 0.2) is 0 Å². The molecule has 1 aromatic heterocycles. The predicted molar refractivity (Wildman–Crippen MR) is 90.8 cm³/mol. The standard InChI is InChI=1S/C15H25N5O3S/c1-11-17-13(9-14(18-11)15(21)16-2)8-12-6-5-7-20(10-12)24(22,23)19(3)4/h9,12H,5-8,10H2,1-4H3,(H,16,21). The van der Waals surface area contributed by atoms with Gasteiger partial charge in [0.05, 0.1) is 0 Å². The summed E-state index contributed by atoms with van der Waals surface area (Å²) in [6.07, 6.45) is 2.40. The van der Waals surface area contributed by atoms with Crippen molar-refractivity contribution in [2.24, 2.45) is 5.92 Å². The topological polar surface area (TPSA) is 95.5 Å². The van der Waals surface area contributed by atoms with Crippen LogP contribution in [0.4, 0.5) is 0 Å². The summed E-state index contributed by atoms with van der Waals surface area (Å²) in [6.45, 7) is 2.77. The molecule has 134 valence electrons. The van der Waals surface area contributed by atoms with Crippen molar-refractivity contribution < 1.29 is 13.2 Å². The molecule has 8 nitrogen and oxygen atoms in total. The van der Waals surface area contributed by atoms with Crippen molar-refractivity contribution in [2.75, 3.05) is 34.2 Å². The Kier molecular flexibility index (Phi) is 5.89. The third kappa shape index (κ3) is 4.28. The number of nitrogens with zero attached hydrogens (tertiary/aromatic N) is 4. The van der Waals surface area contributed by atoms with Gasteiger partial charge >= 0.3 is 0 Å². The van der Waals surface area contributed by atoms with Crippen molar-refractivity contribution in [3.63, 3.8) is 0 Å². The van der Waals surface area contributed by atoms with Gasteiger partial charge in [0.2, 0.25) is 0 Å². The van der Waals surface area contributed by atoms with Crippen molar-refractivity contribution in [3.8, 4) is 0 Å². The Morgan fingerprint density at radius 3 is 2.75 bits per heavy atom. The molecular formula is C15H25N5O3S. The zero-order chi connectivity index (χ0) is 17.9. The lowest BCUT2D eigenvalue weighted by Gasteiger charge is -2.33. The van der Waals surface area contributed by atoms with E-state index in [1.165, 1.54) is 8.61 Å². The molecule has 1 aliphatic heterocycles. The molecule has 1 atom stereocenters. The maximum atomic E-state index is 12.3. The normalized spacial score (nSPS) is 19.5. The van der Waals surface area contributed by atoms with Gasteiger partial charge in [0.1, 0.15) is 11.5 Å². The van der Waals surface area contributed by atoms with Gasteiger partial charge in [-0.25, -0.2) is 9.97 Å². The molecule has 1 aromatic rings. The zero-order valence-corrected chi connectivity index (χ0v) is 15.4. The number of aromatic nitrogens is 2. The smallest absolute Gasteiger partial charge is 0.281 e. The van der Waals surface area contributed by atoms with Crippen LogP contribution in [0.1, 0.15) is 34.8 Å². The summed E-state index contributed by atoms with van der Waals surface area (Å²) in [5.74, 6) is 0.474. The van der Waals surface area contributed by atoms with Crippen molar-refractivity contribution in [2.45, 2.75) is 26.2 Å². The van der Waals surface area contributed by atoms with E-state index in [0.717, 1.165) is 18.5 Å². The lowest BCUT2D eigenvalue weighted by molar-refractivity contribution is 0.0957. The van der Waals surface area contributed by atoms with Crippen molar-refractivity contribution in [1.29, 1.82) is 0 Å². The number of hydrogen-bond acceptors (Lipinski definition) is 5. The second-order valence-electron chi connectivity index (χ2n) is 6.23. The molecule has 0 aromatic carbocycles. The second kappa shape index (κ2) is 7.54. The first-order valence-corrected chi connectivity index (χ1v) is 9.38. The quantitative estimate of drug-likeness (QED) is 0.814. The minimum atomic E-state index is -3.39. The zero-order valence-electron chi connectivity index (χ0n) is 14.6. The number of hydrogen-bond donors (Lipinski definition) is 1. The highest BCUT2D eigenvalue weighted by atomic mass is 32.2. The number of carbonyl (C=O) groups excluding carboxylic acids is 1. The van der Waals surface area contributed by atoms with Gasteiger partial charge in [-0.3, -0.25) is 4.79 Å². The summed E-state index contributed by atoms with van der Waals surface area (Å²) < 4.78 is 27.4. The third-order valence-electron chi connectivity index (χ3n) is 4.12. The maximum absolute atomic E-state index is 12.3. The minimum absolute atomic E-state index is 0.181. The second-order valence-corrected chi connectivity index (χ2v) is 8.37. The van der Waals surface area contributed by atoms with E-state index in [0.29, 0.717) is 31.0 Å². The maximum Gasteiger partial charge on any atom is 0.281 e. The molecule has 9 heteroatoms. The summed E-state index contributed by atoms with van der Waals surface area (Å²) in [7, 11) is 1.26. The first-order valence-electron chi connectivity index (χ1n) is 7.98. The van der Waals surface area contributed by atoms with Gasteiger partial charge in [-0.2, -0.15) is 17.0 Å². The van der Waals surface area contributed by atoms with Crippen LogP contribution in [0.25, 0.3) is 0 Å². The van der Waals surface area contributed by atoms with Crippen LogP contribution in [0.5, 0.6) is 0 Å². The molecule has 24 heavy (non-hydrogen) atoms. The molecule has 0 radical (unpaired) electrons. The molecular weight excluding hydrogens is 330 g/mol. The van der Waals surface area contributed by atoms with E-state index in [4.69, 9.17) is 0 Å². The molecule has 2 rings (SSSR count). The molecule has 1 N–H and O–H groups in total. The Bertz CT molecular complexity index is 705. The Morgan fingerprint density at radius 2 is 2.12 bits per heavy atom. The van der Waals surface area contributed by atoms with Crippen LogP contribution < -0.4 is 5.32 Å². The third-order valence-corrected chi connectivity index (χ3v) is 6.03. The van der Waals surface area contributed by atoms with Crippen LogP contribution in [-0.4, -0.2) is 67.1 Å². The van der Waals surface area contributed by atoms with Crippen molar-refractivity contribution in [3.05, 3.63) is 23.3 Å². The van der Waals surface area contributed by atoms with E-state index in [-0.39, 0.29) is 11.8 Å². The van der Waals surface area contributed by atoms with E-state index in [2.05, 4.69) is 15.3 Å². The molecule has 1 fully saturated rings. The monoisotopic (exact) mass is 355 g/mol. The van der Waals surface area contributed by atoms with Crippen LogP contribution in [-0.2, 0) is 16.6 Å². The first-order chi connectivity index (χ1) is 11.2. The van der Waals surface area contributed by atoms with Gasteiger partial charge in [0.25, 0.3) is 16.1 Å². The summed E-state index contributed by atoms with van der Waals surface area (Å²) in [5, 5.41) is 2.56. The molecule has 2 heterocycles. The molecule has 1 amide bonds. The largest absolute Gasteiger partial charge is 0.354 e. The molecule has 0 aliphatic carbocycles. The van der Waals surface area contributed by atoms with E-state index >= 15 is 0 Å². The summed E-state index contributed by atoms with van der Waals surface area (Å²) in [6, 6.07) is 1.69. The van der Waals surface area contributed by atoms with Crippen LogP contribution in [0.2, 0.25) is 0 Å². The van der Waals surface area contributed by atoms with Gasteiger partial charge in [-0.15, -0.1) is 0 Å². The SMILES string of the molecule is CNC(=O)c1cc(CC2CCCN(S(=O)(=O)N(C)C)C2)nc(C)n1. The fourth-order valence-corrected chi connectivity index (χ4v) is 4.13. The fraction of sp³-hybridized carbons (Fsp3) is 0.667. The average molecular weight is 355 g/mol. The highest BCUT2D eigenvalue weighted by Gasteiger charge is 2.30. The van der Waals surface area contributed by atoms with Gasteiger partial charge < -0.3 is 5.32 Å². The van der Waals surface area contributed by atoms with Crippen molar-refractivity contribution >= 4 is 16.1 Å². The Morgan fingerprint density at radius 1 is 1.42 bits per heavy atom. The van der Waals surface area contributed by atoms with Crippen LogP contribution in [0, 0.1) is 12.8 Å². The number of rotatable bonds is 5. The molecule has 1 unspecified atom stereocenters. The number of carbonyl (C=O) groups is 1. The minimum Gasteiger partial charge on any atom is -0.354 e. The Hall–Kier alpha value is -1.58. The van der Waals surface area contributed by atoms with E-state index in [9.17, 15) is 13.2 Å². The van der Waals surface area contributed by atoms with E-state index in [1.807, 2.05) is 0 Å². The average Bonchev–Trinajstić information content (AvgIpc) is 2.53. The summed E-state index contributed by atoms with van der Waals surface area (Å²) in [4.78, 5) is 20.3. The number of nitrogens with one attached hydrogen (secondary N) is 1. The van der Waals surface area contributed by atoms with E-state index in [1.54, 1.807) is 34.1 Å². The first kappa shape index (κ1) is 18.8. The lowest BCUT2D eigenvalue weighted by Crippen LogP contribution is -2.45.